The predicted molar refractivity (Wildman–Crippen MR) is 108 cm³/mol. The molecule has 0 atom stereocenters. The predicted octanol–water partition coefficient (Wildman–Crippen LogP) is 2.98. The minimum atomic E-state index is -0.933. The number of amides is 4. The molecule has 29 heavy (non-hydrogen) atoms. The minimum Gasteiger partial charge on any atom is -0.377 e. The Bertz CT molecular complexity index is 1080. The number of carbonyl (C=O) groups is 3. The monoisotopic (exact) mass is 414 g/mol. The molecule has 1 aliphatic rings. The Kier molecular flexibility index (Phi) is 5.33. The Morgan fingerprint density at radius 1 is 1.14 bits per heavy atom. The molecule has 1 N–H and O–H groups in total. The number of non-ortho nitro benzene ring substituents is 1. The molecule has 9 nitrogen and oxygen atoms in total. The molecule has 1 heterocycles. The molecule has 4 amide bonds. The van der Waals surface area contributed by atoms with Crippen molar-refractivity contribution in [3.8, 4) is 0 Å². The summed E-state index contributed by atoms with van der Waals surface area (Å²) in [5, 5.41) is 13.4. The van der Waals surface area contributed by atoms with Crippen molar-refractivity contribution in [2.45, 2.75) is 0 Å². The van der Waals surface area contributed by atoms with E-state index in [1.807, 2.05) is 0 Å². The first-order valence-electron chi connectivity index (χ1n) is 8.32. The summed E-state index contributed by atoms with van der Waals surface area (Å²) in [6.07, 6.45) is 1.22. The van der Waals surface area contributed by atoms with Crippen molar-refractivity contribution in [3.05, 3.63) is 68.7 Å². The van der Waals surface area contributed by atoms with Crippen LogP contribution in [-0.2, 0) is 9.59 Å². The summed E-state index contributed by atoms with van der Waals surface area (Å²) in [4.78, 5) is 50.6. The van der Waals surface area contributed by atoms with Gasteiger partial charge in [-0.25, -0.2) is 9.69 Å². The van der Waals surface area contributed by atoms with E-state index in [2.05, 4.69) is 5.32 Å². The van der Waals surface area contributed by atoms with Gasteiger partial charge in [-0.3, -0.25) is 25.0 Å². The van der Waals surface area contributed by atoms with E-state index in [1.54, 1.807) is 31.1 Å². The van der Waals surface area contributed by atoms with Gasteiger partial charge in [0.15, 0.2) is 0 Å². The maximum absolute atomic E-state index is 13.0. The summed E-state index contributed by atoms with van der Waals surface area (Å²) >= 11 is 6.09. The molecule has 148 valence electrons. The molecule has 1 aliphatic heterocycles. The van der Waals surface area contributed by atoms with Crippen molar-refractivity contribution >= 4 is 52.6 Å². The summed E-state index contributed by atoms with van der Waals surface area (Å²) in [5.74, 6) is -1.79. The third-order valence-electron chi connectivity index (χ3n) is 4.20. The molecule has 3 rings (SSSR count). The van der Waals surface area contributed by atoms with E-state index in [0.717, 1.165) is 4.90 Å². The number of benzene rings is 2. The normalized spacial score (nSPS) is 15.5. The van der Waals surface area contributed by atoms with Gasteiger partial charge in [0.1, 0.15) is 5.57 Å². The molecule has 2 aromatic rings. The number of hydrogen-bond acceptors (Lipinski definition) is 6. The highest BCUT2D eigenvalue weighted by atomic mass is 35.5. The third-order valence-corrected chi connectivity index (χ3v) is 4.52. The van der Waals surface area contributed by atoms with E-state index >= 15 is 0 Å². The molecule has 0 radical (unpaired) electrons. The molecular formula is C19H15ClN4O5. The number of rotatable bonds is 4. The Labute approximate surface area is 170 Å². The van der Waals surface area contributed by atoms with E-state index in [-0.39, 0.29) is 27.5 Å². The zero-order valence-corrected chi connectivity index (χ0v) is 16.1. The molecule has 0 spiro atoms. The van der Waals surface area contributed by atoms with Crippen molar-refractivity contribution in [1.29, 1.82) is 0 Å². The standard InChI is InChI=1S/C19H15ClN4O5/c1-22(2)15-8-7-12(24(28)29)9-11(15)10-13-17(25)21-19(27)23(18(13)26)16-6-4-3-5-14(16)20/h3-10H,1-2H3,(H,21,25,27)/b13-10-. The van der Waals surface area contributed by atoms with Gasteiger partial charge in [-0.1, -0.05) is 23.7 Å². The highest BCUT2D eigenvalue weighted by Gasteiger charge is 2.37. The van der Waals surface area contributed by atoms with E-state index in [9.17, 15) is 24.5 Å². The topological polar surface area (TPSA) is 113 Å². The smallest absolute Gasteiger partial charge is 0.335 e. The van der Waals surface area contributed by atoms with Gasteiger partial charge in [0.2, 0.25) is 0 Å². The number of nitro groups is 1. The maximum atomic E-state index is 13.0. The van der Waals surface area contributed by atoms with Crippen LogP contribution in [0.25, 0.3) is 6.08 Å². The van der Waals surface area contributed by atoms with Crippen LogP contribution in [0.2, 0.25) is 5.02 Å². The second kappa shape index (κ2) is 7.72. The number of hydrogen-bond donors (Lipinski definition) is 1. The average Bonchev–Trinajstić information content (AvgIpc) is 2.66. The van der Waals surface area contributed by atoms with Crippen LogP contribution in [0.1, 0.15) is 5.56 Å². The number of halogens is 1. The number of nitrogens with zero attached hydrogens (tertiary/aromatic N) is 3. The fourth-order valence-corrected chi connectivity index (χ4v) is 3.06. The van der Waals surface area contributed by atoms with Crippen LogP contribution in [0.4, 0.5) is 21.9 Å². The van der Waals surface area contributed by atoms with Crippen molar-refractivity contribution < 1.29 is 19.3 Å². The third kappa shape index (κ3) is 3.81. The zero-order chi connectivity index (χ0) is 21.3. The molecule has 1 saturated heterocycles. The molecule has 1 fully saturated rings. The van der Waals surface area contributed by atoms with E-state index in [4.69, 9.17) is 11.6 Å². The van der Waals surface area contributed by atoms with E-state index < -0.39 is 22.8 Å². The number of nitrogens with one attached hydrogen (secondary N) is 1. The van der Waals surface area contributed by atoms with Gasteiger partial charge in [0, 0.05) is 37.5 Å². The van der Waals surface area contributed by atoms with Gasteiger partial charge in [-0.2, -0.15) is 0 Å². The number of urea groups is 1. The highest BCUT2D eigenvalue weighted by molar-refractivity contribution is 6.42. The lowest BCUT2D eigenvalue weighted by Crippen LogP contribution is -2.54. The van der Waals surface area contributed by atoms with Gasteiger partial charge in [-0.05, 0) is 24.3 Å². The van der Waals surface area contributed by atoms with Crippen LogP contribution < -0.4 is 15.1 Å². The largest absolute Gasteiger partial charge is 0.377 e. The molecule has 0 aliphatic carbocycles. The summed E-state index contributed by atoms with van der Waals surface area (Å²) in [6, 6.07) is 9.33. The summed E-state index contributed by atoms with van der Waals surface area (Å²) in [5.41, 5.74) is 0.376. The van der Waals surface area contributed by atoms with Crippen LogP contribution in [0.3, 0.4) is 0 Å². The van der Waals surface area contributed by atoms with Crippen LogP contribution in [0.5, 0.6) is 0 Å². The van der Waals surface area contributed by atoms with Gasteiger partial charge in [-0.15, -0.1) is 0 Å². The first-order chi connectivity index (χ1) is 13.7. The van der Waals surface area contributed by atoms with Crippen molar-refractivity contribution in [3.63, 3.8) is 0 Å². The average molecular weight is 415 g/mol. The first kappa shape index (κ1) is 20.0. The molecular weight excluding hydrogens is 400 g/mol. The molecule has 10 heteroatoms. The van der Waals surface area contributed by atoms with Gasteiger partial charge >= 0.3 is 6.03 Å². The van der Waals surface area contributed by atoms with Crippen LogP contribution >= 0.6 is 11.6 Å². The highest BCUT2D eigenvalue weighted by Crippen LogP contribution is 2.31. The lowest BCUT2D eigenvalue weighted by Gasteiger charge is -2.27. The Balaban J connectivity index is 2.13. The lowest BCUT2D eigenvalue weighted by molar-refractivity contribution is -0.384. The first-order valence-corrected chi connectivity index (χ1v) is 8.70. The minimum absolute atomic E-state index is 0.113. The van der Waals surface area contributed by atoms with Crippen molar-refractivity contribution in [1.82, 2.24) is 5.32 Å². The maximum Gasteiger partial charge on any atom is 0.335 e. The van der Waals surface area contributed by atoms with Gasteiger partial charge in [0.25, 0.3) is 17.5 Å². The molecule has 0 unspecified atom stereocenters. The SMILES string of the molecule is CN(C)c1ccc([N+](=O)[O-])cc1/C=C1/C(=O)NC(=O)N(c2ccccc2Cl)C1=O. The second-order valence-electron chi connectivity index (χ2n) is 6.30. The Hall–Kier alpha value is -3.72. The number of barbiturate groups is 1. The van der Waals surface area contributed by atoms with Crippen LogP contribution in [-0.4, -0.2) is 36.9 Å². The molecule has 0 bridgehead atoms. The fraction of sp³-hybridized carbons (Fsp3) is 0.105. The number of para-hydroxylation sites is 1. The summed E-state index contributed by atoms with van der Waals surface area (Å²) < 4.78 is 0. The number of carbonyl (C=O) groups excluding carboxylic acids is 3. The van der Waals surface area contributed by atoms with E-state index in [1.165, 1.54) is 36.4 Å². The van der Waals surface area contributed by atoms with Crippen molar-refractivity contribution in [2.24, 2.45) is 0 Å². The number of nitro benzene ring substituents is 1. The zero-order valence-electron chi connectivity index (χ0n) is 15.4. The Morgan fingerprint density at radius 2 is 1.83 bits per heavy atom. The van der Waals surface area contributed by atoms with Crippen LogP contribution in [0, 0.1) is 10.1 Å². The van der Waals surface area contributed by atoms with Gasteiger partial charge < -0.3 is 4.90 Å². The number of imide groups is 2. The van der Waals surface area contributed by atoms with Gasteiger partial charge in [0.05, 0.1) is 15.6 Å². The fourth-order valence-electron chi connectivity index (χ4n) is 2.84. The molecule has 0 saturated carbocycles. The lowest BCUT2D eigenvalue weighted by atomic mass is 10.0. The second-order valence-corrected chi connectivity index (χ2v) is 6.71. The van der Waals surface area contributed by atoms with Crippen molar-refractivity contribution in [2.75, 3.05) is 23.9 Å². The summed E-state index contributed by atoms with van der Waals surface area (Å²) in [7, 11) is 3.43. The summed E-state index contributed by atoms with van der Waals surface area (Å²) in [6.45, 7) is 0. The molecule has 2 aromatic carbocycles. The quantitative estimate of drug-likeness (QED) is 0.356. The van der Waals surface area contributed by atoms with E-state index in [0.29, 0.717) is 5.69 Å². The Morgan fingerprint density at radius 3 is 2.45 bits per heavy atom. The van der Waals surface area contributed by atoms with Crippen LogP contribution in [0.15, 0.2) is 48.0 Å². The molecule has 0 aromatic heterocycles. The number of anilines is 2.